The van der Waals surface area contributed by atoms with Crippen LogP contribution in [0.4, 0.5) is 0 Å². The van der Waals surface area contributed by atoms with Gasteiger partial charge in [0.05, 0.1) is 12.1 Å². The maximum Gasteiger partial charge on any atom is 0.254 e. The van der Waals surface area contributed by atoms with E-state index in [1.165, 1.54) is 0 Å². The first-order chi connectivity index (χ1) is 10.2. The third-order valence-corrected chi connectivity index (χ3v) is 4.25. The minimum atomic E-state index is 0.131. The lowest BCUT2D eigenvalue weighted by Crippen LogP contribution is -2.34. The molecule has 2 aromatic rings. The number of hydrogen-bond donors (Lipinski definition) is 0. The molecule has 0 N–H and O–H groups in total. The summed E-state index contributed by atoms with van der Waals surface area (Å²) in [6.07, 6.45) is 0.961. The largest absolute Gasteiger partial charge is 0.424 e. The topological polar surface area (TPSA) is 62.5 Å². The van der Waals surface area contributed by atoms with Gasteiger partial charge in [0, 0.05) is 38.5 Å². The molecule has 0 radical (unpaired) electrons. The zero-order chi connectivity index (χ0) is 14.7. The number of amides is 1. The van der Waals surface area contributed by atoms with Crippen molar-refractivity contribution >= 4 is 17.2 Å². The quantitative estimate of drug-likeness (QED) is 0.865. The summed E-state index contributed by atoms with van der Waals surface area (Å²) in [6, 6.07) is 1.89. The van der Waals surface area contributed by atoms with Crippen LogP contribution in [-0.2, 0) is 6.54 Å². The Morgan fingerprint density at radius 2 is 2.24 bits per heavy atom. The molecule has 1 fully saturated rings. The van der Waals surface area contributed by atoms with E-state index in [-0.39, 0.29) is 5.91 Å². The Balaban J connectivity index is 1.58. The monoisotopic (exact) mass is 306 g/mol. The van der Waals surface area contributed by atoms with Gasteiger partial charge in [-0.05, 0) is 17.9 Å². The Bertz CT molecular complexity index is 596. The van der Waals surface area contributed by atoms with Crippen LogP contribution < -0.4 is 0 Å². The first kappa shape index (κ1) is 14.2. The molecule has 2 aromatic heterocycles. The van der Waals surface area contributed by atoms with Gasteiger partial charge in [0.2, 0.25) is 11.8 Å². The van der Waals surface area contributed by atoms with Gasteiger partial charge in [-0.2, -0.15) is 11.3 Å². The van der Waals surface area contributed by atoms with Crippen molar-refractivity contribution in [2.24, 2.45) is 0 Å². The number of thiophene rings is 1. The molecule has 0 aromatic carbocycles. The highest BCUT2D eigenvalue weighted by Crippen LogP contribution is 2.13. The molecule has 0 aliphatic carbocycles. The third-order valence-electron chi connectivity index (χ3n) is 3.57. The number of rotatable bonds is 3. The standard InChI is InChI=1S/C14H18N4O2S/c1-11-15-16-13(20-11)9-17-4-2-5-18(7-6-17)14(19)12-3-8-21-10-12/h3,8,10H,2,4-7,9H2,1H3. The van der Waals surface area contributed by atoms with E-state index in [9.17, 15) is 4.79 Å². The molecule has 0 unspecified atom stereocenters. The van der Waals surface area contributed by atoms with Crippen LogP contribution in [0.3, 0.4) is 0 Å². The summed E-state index contributed by atoms with van der Waals surface area (Å²) >= 11 is 1.56. The maximum absolute atomic E-state index is 12.4. The van der Waals surface area contributed by atoms with Gasteiger partial charge >= 0.3 is 0 Å². The van der Waals surface area contributed by atoms with Crippen LogP contribution in [-0.4, -0.2) is 52.1 Å². The van der Waals surface area contributed by atoms with Crippen molar-refractivity contribution in [2.75, 3.05) is 26.2 Å². The number of hydrogen-bond acceptors (Lipinski definition) is 6. The smallest absolute Gasteiger partial charge is 0.254 e. The molecule has 0 bridgehead atoms. The van der Waals surface area contributed by atoms with Crippen LogP contribution in [0.2, 0.25) is 0 Å². The van der Waals surface area contributed by atoms with E-state index in [1.807, 2.05) is 21.7 Å². The summed E-state index contributed by atoms with van der Waals surface area (Å²) in [5.41, 5.74) is 0.793. The van der Waals surface area contributed by atoms with Crippen LogP contribution in [0.15, 0.2) is 21.2 Å². The summed E-state index contributed by atoms with van der Waals surface area (Å²) < 4.78 is 5.42. The molecule has 6 nitrogen and oxygen atoms in total. The van der Waals surface area contributed by atoms with Crippen molar-refractivity contribution in [1.29, 1.82) is 0 Å². The molecule has 1 aliphatic rings. The number of carbonyl (C=O) groups excluding carboxylic acids is 1. The van der Waals surface area contributed by atoms with Crippen LogP contribution >= 0.6 is 11.3 Å². The summed E-state index contributed by atoms with van der Waals surface area (Å²) in [5, 5.41) is 11.7. The van der Waals surface area contributed by atoms with Crippen LogP contribution in [0.5, 0.6) is 0 Å². The van der Waals surface area contributed by atoms with Gasteiger partial charge in [0.15, 0.2) is 0 Å². The molecule has 7 heteroatoms. The van der Waals surface area contributed by atoms with E-state index in [0.29, 0.717) is 18.3 Å². The maximum atomic E-state index is 12.4. The molecule has 0 spiro atoms. The highest BCUT2D eigenvalue weighted by Gasteiger charge is 2.21. The third kappa shape index (κ3) is 3.48. The van der Waals surface area contributed by atoms with Crippen molar-refractivity contribution in [3.63, 3.8) is 0 Å². The second kappa shape index (κ2) is 6.36. The Labute approximate surface area is 127 Å². The zero-order valence-corrected chi connectivity index (χ0v) is 12.8. The average molecular weight is 306 g/mol. The lowest BCUT2D eigenvalue weighted by Gasteiger charge is -2.20. The number of aryl methyl sites for hydroxylation is 1. The van der Waals surface area contributed by atoms with E-state index in [2.05, 4.69) is 15.1 Å². The second-order valence-corrected chi connectivity index (χ2v) is 5.93. The van der Waals surface area contributed by atoms with Crippen molar-refractivity contribution in [1.82, 2.24) is 20.0 Å². The van der Waals surface area contributed by atoms with E-state index < -0.39 is 0 Å². The van der Waals surface area contributed by atoms with Crippen molar-refractivity contribution in [3.8, 4) is 0 Å². The lowest BCUT2D eigenvalue weighted by molar-refractivity contribution is 0.0761. The van der Waals surface area contributed by atoms with Crippen molar-refractivity contribution in [2.45, 2.75) is 19.9 Å². The Morgan fingerprint density at radius 3 is 2.95 bits per heavy atom. The SMILES string of the molecule is Cc1nnc(CN2CCCN(C(=O)c3ccsc3)CC2)o1. The van der Waals surface area contributed by atoms with Gasteiger partial charge in [0.25, 0.3) is 5.91 Å². The first-order valence-corrected chi connectivity index (χ1v) is 7.99. The fraction of sp³-hybridized carbons (Fsp3) is 0.500. The van der Waals surface area contributed by atoms with Gasteiger partial charge in [-0.15, -0.1) is 10.2 Å². The molecule has 112 valence electrons. The van der Waals surface area contributed by atoms with Gasteiger partial charge in [-0.3, -0.25) is 9.69 Å². The fourth-order valence-electron chi connectivity index (χ4n) is 2.49. The van der Waals surface area contributed by atoms with Crippen molar-refractivity contribution < 1.29 is 9.21 Å². The summed E-state index contributed by atoms with van der Waals surface area (Å²) in [6.45, 7) is 5.75. The highest BCUT2D eigenvalue weighted by atomic mass is 32.1. The summed E-state index contributed by atoms with van der Waals surface area (Å²) in [4.78, 5) is 16.5. The first-order valence-electron chi connectivity index (χ1n) is 7.05. The van der Waals surface area contributed by atoms with Gasteiger partial charge < -0.3 is 9.32 Å². The Morgan fingerprint density at radius 1 is 1.33 bits per heavy atom. The molecule has 1 amide bonds. The number of carbonyl (C=O) groups is 1. The van der Waals surface area contributed by atoms with E-state index in [4.69, 9.17) is 4.42 Å². The van der Waals surface area contributed by atoms with E-state index in [0.717, 1.165) is 38.2 Å². The molecular weight excluding hydrogens is 288 g/mol. The predicted molar refractivity (Wildman–Crippen MR) is 79.2 cm³/mol. The average Bonchev–Trinajstić information content (AvgIpc) is 3.08. The van der Waals surface area contributed by atoms with Crippen LogP contribution in [0.25, 0.3) is 0 Å². The second-order valence-electron chi connectivity index (χ2n) is 5.15. The molecule has 1 aliphatic heterocycles. The fourth-order valence-corrected chi connectivity index (χ4v) is 3.12. The highest BCUT2D eigenvalue weighted by molar-refractivity contribution is 7.08. The number of nitrogens with zero attached hydrogens (tertiary/aromatic N) is 4. The molecule has 3 rings (SSSR count). The minimum absolute atomic E-state index is 0.131. The molecule has 21 heavy (non-hydrogen) atoms. The van der Waals surface area contributed by atoms with Crippen LogP contribution in [0.1, 0.15) is 28.6 Å². The van der Waals surface area contributed by atoms with Gasteiger partial charge in [-0.25, -0.2) is 0 Å². The predicted octanol–water partition coefficient (Wildman–Crippen LogP) is 1.79. The molecule has 0 atom stereocenters. The number of aromatic nitrogens is 2. The normalized spacial score (nSPS) is 16.9. The van der Waals surface area contributed by atoms with Crippen molar-refractivity contribution in [3.05, 3.63) is 34.2 Å². The van der Waals surface area contributed by atoms with E-state index in [1.54, 1.807) is 18.3 Å². The molecule has 1 saturated heterocycles. The van der Waals surface area contributed by atoms with Gasteiger partial charge in [0.1, 0.15) is 0 Å². The molecular formula is C14H18N4O2S. The summed E-state index contributed by atoms with van der Waals surface area (Å²) in [5.74, 6) is 1.37. The van der Waals surface area contributed by atoms with Gasteiger partial charge in [-0.1, -0.05) is 0 Å². The Kier molecular flexibility index (Phi) is 4.31. The Hall–Kier alpha value is -1.73. The summed E-state index contributed by atoms with van der Waals surface area (Å²) in [7, 11) is 0. The van der Waals surface area contributed by atoms with E-state index >= 15 is 0 Å². The molecule has 0 saturated carbocycles. The van der Waals surface area contributed by atoms with Crippen LogP contribution in [0, 0.1) is 6.92 Å². The lowest BCUT2D eigenvalue weighted by atomic mass is 10.3. The zero-order valence-electron chi connectivity index (χ0n) is 12.0. The minimum Gasteiger partial charge on any atom is -0.424 e. The molecule has 3 heterocycles.